The molecule has 1 aromatic carbocycles. The van der Waals surface area contributed by atoms with Gasteiger partial charge in [0.25, 0.3) is 5.56 Å². The van der Waals surface area contributed by atoms with Crippen molar-refractivity contribution in [1.82, 2.24) is 9.88 Å². The fraction of sp³-hybridized carbons (Fsp3) is 0.381. The minimum absolute atomic E-state index is 0.0511. The number of H-pyrrole nitrogens is 1. The Morgan fingerprint density at radius 2 is 1.75 bits per heavy atom. The average molecular weight is 379 g/mol. The van der Waals surface area contributed by atoms with Gasteiger partial charge in [-0.1, -0.05) is 6.07 Å². The van der Waals surface area contributed by atoms with Crippen LogP contribution in [0.1, 0.15) is 44.4 Å². The molecule has 146 valence electrons. The summed E-state index contributed by atoms with van der Waals surface area (Å²) >= 11 is 0. The summed E-state index contributed by atoms with van der Waals surface area (Å²) in [5.41, 5.74) is 6.88. The molecule has 2 rings (SSSR count). The lowest BCUT2D eigenvalue weighted by Crippen LogP contribution is -2.36. The molecule has 0 amide bonds. The smallest absolute Gasteiger partial charge is 0.268 e. The second-order valence-corrected chi connectivity index (χ2v) is 7.10. The maximum absolute atomic E-state index is 12.2. The van der Waals surface area contributed by atoms with Crippen LogP contribution in [0.4, 0.5) is 5.82 Å². The van der Waals surface area contributed by atoms with Crippen LogP contribution in [0.5, 0.6) is 5.75 Å². The summed E-state index contributed by atoms with van der Waals surface area (Å²) in [6.07, 6.45) is 0. The van der Waals surface area contributed by atoms with Gasteiger partial charge in [0.15, 0.2) is 0 Å². The Kier molecular flexibility index (Phi) is 6.45. The summed E-state index contributed by atoms with van der Waals surface area (Å²) in [5, 5.41) is 19.0. The Morgan fingerprint density at radius 1 is 1.14 bits per heavy atom. The number of rotatable bonds is 6. The Bertz CT molecular complexity index is 1000. The number of nitriles is 2. The lowest BCUT2D eigenvalue weighted by Gasteiger charge is -2.31. The van der Waals surface area contributed by atoms with E-state index < -0.39 is 5.56 Å². The third-order valence-corrected chi connectivity index (χ3v) is 4.72. The SMILES string of the molecule is COc1ccc(-c2c(C#N)c(N)[nH]c(=O)c2C#N)cc1CN(C(C)C)C(C)C. The monoisotopic (exact) mass is 379 g/mol. The number of nitrogens with one attached hydrogen (secondary N) is 1. The van der Waals surface area contributed by atoms with E-state index in [9.17, 15) is 15.3 Å². The van der Waals surface area contributed by atoms with E-state index in [-0.39, 0.29) is 22.5 Å². The van der Waals surface area contributed by atoms with Crippen molar-refractivity contribution >= 4 is 5.82 Å². The number of hydrogen-bond acceptors (Lipinski definition) is 6. The number of nitrogens with two attached hydrogens (primary N) is 1. The summed E-state index contributed by atoms with van der Waals surface area (Å²) < 4.78 is 5.51. The first-order chi connectivity index (χ1) is 13.2. The largest absolute Gasteiger partial charge is 0.496 e. The Morgan fingerprint density at radius 3 is 2.25 bits per heavy atom. The van der Waals surface area contributed by atoms with E-state index in [0.717, 1.165) is 5.56 Å². The fourth-order valence-corrected chi connectivity index (χ4v) is 3.35. The van der Waals surface area contributed by atoms with Gasteiger partial charge in [0.05, 0.1) is 7.11 Å². The van der Waals surface area contributed by atoms with E-state index in [0.29, 0.717) is 29.9 Å². The summed E-state index contributed by atoms with van der Waals surface area (Å²) in [6, 6.07) is 9.89. The van der Waals surface area contributed by atoms with Crippen LogP contribution >= 0.6 is 0 Å². The molecule has 0 bridgehead atoms. The first-order valence-corrected chi connectivity index (χ1v) is 9.04. The molecule has 0 saturated heterocycles. The molecule has 0 unspecified atom stereocenters. The lowest BCUT2D eigenvalue weighted by atomic mass is 9.94. The molecule has 0 spiro atoms. The molecule has 1 aromatic heterocycles. The highest BCUT2D eigenvalue weighted by atomic mass is 16.5. The van der Waals surface area contributed by atoms with E-state index in [2.05, 4.69) is 37.6 Å². The molecule has 2 aromatic rings. The molecule has 0 aliphatic carbocycles. The zero-order valence-electron chi connectivity index (χ0n) is 16.8. The second kappa shape index (κ2) is 8.60. The van der Waals surface area contributed by atoms with Crippen LogP contribution in [0.3, 0.4) is 0 Å². The normalized spacial score (nSPS) is 10.9. The number of hydrogen-bond donors (Lipinski definition) is 2. The zero-order valence-corrected chi connectivity index (χ0v) is 16.8. The Balaban J connectivity index is 2.72. The van der Waals surface area contributed by atoms with Crippen molar-refractivity contribution in [2.75, 3.05) is 12.8 Å². The molecule has 0 atom stereocenters. The van der Waals surface area contributed by atoms with Gasteiger partial charge in [-0.3, -0.25) is 9.69 Å². The number of ether oxygens (including phenoxy) is 1. The number of aromatic amines is 1. The van der Waals surface area contributed by atoms with Crippen LogP contribution in [0.25, 0.3) is 11.1 Å². The first kappa shape index (κ1) is 21.0. The molecule has 0 saturated carbocycles. The number of aromatic nitrogens is 1. The molecule has 0 fully saturated rings. The van der Waals surface area contributed by atoms with Gasteiger partial charge in [0.1, 0.15) is 34.8 Å². The second-order valence-electron chi connectivity index (χ2n) is 7.10. The standard InChI is InChI=1S/C21H25N5O2/c1-12(2)26(13(3)4)11-15-8-14(6-7-18(15)28-5)19-16(9-22)20(24)25-21(27)17(19)10-23/h6-8,12-13H,11H2,1-5H3,(H3,24,25,27). The van der Waals surface area contributed by atoms with Gasteiger partial charge in [0, 0.05) is 29.8 Å². The van der Waals surface area contributed by atoms with E-state index in [1.807, 2.05) is 18.2 Å². The van der Waals surface area contributed by atoms with Crippen LogP contribution in [0, 0.1) is 22.7 Å². The number of anilines is 1. The van der Waals surface area contributed by atoms with Crippen LogP contribution in [-0.2, 0) is 6.54 Å². The van der Waals surface area contributed by atoms with Crippen molar-refractivity contribution in [3.05, 3.63) is 45.2 Å². The zero-order chi connectivity index (χ0) is 21.0. The van der Waals surface area contributed by atoms with Crippen molar-refractivity contribution < 1.29 is 4.74 Å². The van der Waals surface area contributed by atoms with Crippen molar-refractivity contribution in [1.29, 1.82) is 10.5 Å². The van der Waals surface area contributed by atoms with Gasteiger partial charge < -0.3 is 15.5 Å². The summed E-state index contributed by atoms with van der Waals surface area (Å²) in [5.74, 6) is 0.648. The highest BCUT2D eigenvalue weighted by Gasteiger charge is 2.21. The van der Waals surface area contributed by atoms with Crippen LogP contribution < -0.4 is 16.0 Å². The van der Waals surface area contributed by atoms with Gasteiger partial charge in [-0.25, -0.2) is 0 Å². The van der Waals surface area contributed by atoms with Gasteiger partial charge in [-0.15, -0.1) is 0 Å². The highest BCUT2D eigenvalue weighted by Crippen LogP contribution is 2.32. The first-order valence-electron chi connectivity index (χ1n) is 9.04. The third-order valence-electron chi connectivity index (χ3n) is 4.72. The molecule has 0 aliphatic rings. The molecular formula is C21H25N5O2. The van der Waals surface area contributed by atoms with Crippen molar-refractivity contribution in [2.24, 2.45) is 0 Å². The highest BCUT2D eigenvalue weighted by molar-refractivity contribution is 5.80. The minimum atomic E-state index is -0.614. The molecule has 0 aliphatic heterocycles. The van der Waals surface area contributed by atoms with Crippen LogP contribution in [0.2, 0.25) is 0 Å². The maximum atomic E-state index is 12.2. The van der Waals surface area contributed by atoms with Gasteiger partial charge >= 0.3 is 0 Å². The van der Waals surface area contributed by atoms with E-state index in [1.54, 1.807) is 19.2 Å². The van der Waals surface area contributed by atoms with Crippen LogP contribution in [-0.4, -0.2) is 29.1 Å². The minimum Gasteiger partial charge on any atom is -0.496 e. The molecule has 0 radical (unpaired) electrons. The summed E-state index contributed by atoms with van der Waals surface area (Å²) in [4.78, 5) is 16.9. The molecule has 1 heterocycles. The predicted molar refractivity (Wildman–Crippen MR) is 109 cm³/mol. The molecular weight excluding hydrogens is 354 g/mol. The average Bonchev–Trinajstić information content (AvgIpc) is 2.64. The Labute approximate surface area is 165 Å². The van der Waals surface area contributed by atoms with Crippen LogP contribution in [0.15, 0.2) is 23.0 Å². The number of methoxy groups -OCH3 is 1. The van der Waals surface area contributed by atoms with E-state index in [1.165, 1.54) is 0 Å². The quantitative estimate of drug-likeness (QED) is 0.796. The molecule has 7 nitrogen and oxygen atoms in total. The predicted octanol–water partition coefficient (Wildman–Crippen LogP) is 2.99. The van der Waals surface area contributed by atoms with Crippen molar-refractivity contribution in [3.8, 4) is 29.0 Å². The summed E-state index contributed by atoms with van der Waals surface area (Å²) in [7, 11) is 1.60. The van der Waals surface area contributed by atoms with Gasteiger partial charge in [-0.05, 0) is 45.4 Å². The van der Waals surface area contributed by atoms with Gasteiger partial charge in [-0.2, -0.15) is 10.5 Å². The van der Waals surface area contributed by atoms with Crippen molar-refractivity contribution in [3.63, 3.8) is 0 Å². The van der Waals surface area contributed by atoms with E-state index >= 15 is 0 Å². The maximum Gasteiger partial charge on any atom is 0.268 e. The van der Waals surface area contributed by atoms with E-state index in [4.69, 9.17) is 10.5 Å². The number of nitrogen functional groups attached to an aromatic ring is 1. The number of nitrogens with zero attached hydrogens (tertiary/aromatic N) is 3. The Hall–Kier alpha value is -3.29. The topological polar surface area (TPSA) is 119 Å². The third kappa shape index (κ3) is 4.00. The van der Waals surface area contributed by atoms with Gasteiger partial charge in [0.2, 0.25) is 0 Å². The molecule has 28 heavy (non-hydrogen) atoms. The number of benzene rings is 1. The lowest BCUT2D eigenvalue weighted by molar-refractivity contribution is 0.164. The molecule has 3 N–H and O–H groups in total. The van der Waals surface area contributed by atoms with Crippen molar-refractivity contribution in [2.45, 2.75) is 46.3 Å². The number of pyridine rings is 1. The summed E-state index contributed by atoms with van der Waals surface area (Å²) in [6.45, 7) is 9.10. The molecule has 7 heteroatoms. The fourth-order valence-electron chi connectivity index (χ4n) is 3.35.